The lowest BCUT2D eigenvalue weighted by Gasteiger charge is -2.15. The number of anilines is 1. The number of imidazole rings is 1. The fourth-order valence-electron chi connectivity index (χ4n) is 3.43. The largest absolute Gasteiger partial charge is 0.325 e. The molecule has 11 heteroatoms. The lowest BCUT2D eigenvalue weighted by atomic mass is 10.3. The van der Waals surface area contributed by atoms with Gasteiger partial charge in [0.2, 0.25) is 15.9 Å². The maximum absolute atomic E-state index is 13.5. The maximum Gasteiger partial charge on any atom is 0.321 e. The number of fused-ring (bicyclic) bond motifs is 1. The van der Waals surface area contributed by atoms with Crippen molar-refractivity contribution in [3.8, 4) is 0 Å². The lowest BCUT2D eigenvalue weighted by molar-refractivity contribution is -0.113. The molecule has 0 bridgehead atoms. The molecule has 0 aliphatic carbocycles. The average Bonchev–Trinajstić information content (AvgIpc) is 3.41. The summed E-state index contributed by atoms with van der Waals surface area (Å²) in [7, 11) is -3.52. The highest BCUT2D eigenvalue weighted by molar-refractivity contribution is 7.99. The number of thioether (sulfide) groups is 1. The molecule has 1 amide bonds. The zero-order valence-electron chi connectivity index (χ0n) is 16.4. The van der Waals surface area contributed by atoms with E-state index in [2.05, 4.69) is 10.3 Å². The molecular formula is C20H20F2N4O3S2. The van der Waals surface area contributed by atoms with Gasteiger partial charge in [0.05, 0.1) is 21.7 Å². The Morgan fingerprint density at radius 2 is 1.77 bits per heavy atom. The van der Waals surface area contributed by atoms with Gasteiger partial charge in [0.25, 0.3) is 0 Å². The van der Waals surface area contributed by atoms with Gasteiger partial charge < -0.3 is 5.32 Å². The van der Waals surface area contributed by atoms with E-state index in [9.17, 15) is 22.0 Å². The van der Waals surface area contributed by atoms with E-state index in [0.29, 0.717) is 29.8 Å². The van der Waals surface area contributed by atoms with Crippen LogP contribution in [0.15, 0.2) is 58.6 Å². The molecule has 2 heterocycles. The fourth-order valence-corrected chi connectivity index (χ4v) is 5.76. The Balaban J connectivity index is 1.41. The highest BCUT2D eigenvalue weighted by atomic mass is 32.2. The van der Waals surface area contributed by atoms with Crippen molar-refractivity contribution in [2.75, 3.05) is 24.2 Å². The van der Waals surface area contributed by atoms with Crippen molar-refractivity contribution >= 4 is 44.4 Å². The average molecular weight is 467 g/mol. The number of para-hydroxylation sites is 2. The monoisotopic (exact) mass is 466 g/mol. The summed E-state index contributed by atoms with van der Waals surface area (Å²) in [5.74, 6) is -0.530. The summed E-state index contributed by atoms with van der Waals surface area (Å²) in [5.41, 5.74) is 1.16. The number of alkyl halides is 2. The summed E-state index contributed by atoms with van der Waals surface area (Å²) in [6.45, 7) is -1.74. The second-order valence-corrected chi connectivity index (χ2v) is 9.88. The topological polar surface area (TPSA) is 84.3 Å². The Morgan fingerprint density at radius 3 is 2.45 bits per heavy atom. The Hall–Kier alpha value is -2.50. The number of carbonyl (C=O) groups is 1. The van der Waals surface area contributed by atoms with Crippen LogP contribution >= 0.6 is 11.8 Å². The van der Waals surface area contributed by atoms with E-state index >= 15 is 0 Å². The first-order valence-electron chi connectivity index (χ1n) is 9.64. The number of halogens is 2. The Bertz CT molecular complexity index is 1190. The zero-order valence-corrected chi connectivity index (χ0v) is 18.0. The first-order valence-corrected chi connectivity index (χ1v) is 12.1. The molecule has 1 N–H and O–H groups in total. The highest BCUT2D eigenvalue weighted by Crippen LogP contribution is 2.29. The van der Waals surface area contributed by atoms with E-state index in [4.69, 9.17) is 0 Å². The van der Waals surface area contributed by atoms with Crippen LogP contribution in [0.3, 0.4) is 0 Å². The second-order valence-electron chi connectivity index (χ2n) is 7.00. The molecule has 164 valence electrons. The molecule has 1 fully saturated rings. The van der Waals surface area contributed by atoms with Crippen molar-refractivity contribution in [3.63, 3.8) is 0 Å². The molecular weight excluding hydrogens is 446 g/mol. The Labute approximate surface area is 182 Å². The molecule has 31 heavy (non-hydrogen) atoms. The molecule has 3 aromatic rings. The number of amides is 1. The van der Waals surface area contributed by atoms with Crippen LogP contribution in [0.25, 0.3) is 11.0 Å². The molecule has 1 aliphatic rings. The third kappa shape index (κ3) is 4.58. The van der Waals surface area contributed by atoms with Gasteiger partial charge in [-0.15, -0.1) is 0 Å². The molecule has 0 atom stereocenters. The van der Waals surface area contributed by atoms with Gasteiger partial charge in [-0.2, -0.15) is 13.1 Å². The van der Waals surface area contributed by atoms with Crippen LogP contribution in [0.5, 0.6) is 0 Å². The quantitative estimate of drug-likeness (QED) is 0.533. The number of benzene rings is 2. The van der Waals surface area contributed by atoms with Crippen molar-refractivity contribution < 1.29 is 22.0 Å². The first-order chi connectivity index (χ1) is 14.9. The standard InChI is InChI=1S/C20H20F2N4O3S2/c21-19(22)26-17-6-2-1-5-16(17)24-20(26)30-13-18(27)23-14-7-9-15(10-8-14)31(28,29)25-11-3-4-12-25/h1-2,5-10,19H,3-4,11-13H2,(H,23,27). The van der Waals surface area contributed by atoms with Gasteiger partial charge in [0.15, 0.2) is 5.16 Å². The van der Waals surface area contributed by atoms with E-state index in [-0.39, 0.29) is 15.8 Å². The molecule has 1 saturated heterocycles. The summed E-state index contributed by atoms with van der Waals surface area (Å²) in [5, 5.41) is 2.70. The number of nitrogens with zero attached hydrogens (tertiary/aromatic N) is 3. The van der Waals surface area contributed by atoms with Crippen molar-refractivity contribution in [1.29, 1.82) is 0 Å². The Morgan fingerprint density at radius 1 is 1.10 bits per heavy atom. The second kappa shape index (κ2) is 8.93. The summed E-state index contributed by atoms with van der Waals surface area (Å²) in [4.78, 5) is 16.6. The summed E-state index contributed by atoms with van der Waals surface area (Å²) in [6, 6.07) is 12.5. The minimum Gasteiger partial charge on any atom is -0.325 e. The van der Waals surface area contributed by atoms with Crippen LogP contribution in [0.1, 0.15) is 19.4 Å². The van der Waals surface area contributed by atoms with Crippen LogP contribution < -0.4 is 5.32 Å². The maximum atomic E-state index is 13.5. The van der Waals surface area contributed by atoms with Crippen LogP contribution in [0.2, 0.25) is 0 Å². The van der Waals surface area contributed by atoms with Gasteiger partial charge in [-0.05, 0) is 49.2 Å². The number of nitrogens with one attached hydrogen (secondary N) is 1. The molecule has 7 nitrogen and oxygen atoms in total. The third-order valence-electron chi connectivity index (χ3n) is 4.93. The van der Waals surface area contributed by atoms with Crippen LogP contribution in [-0.2, 0) is 14.8 Å². The number of sulfonamides is 1. The number of aromatic nitrogens is 2. The molecule has 2 aromatic carbocycles. The van der Waals surface area contributed by atoms with Crippen LogP contribution in [0.4, 0.5) is 14.5 Å². The number of hydrogen-bond donors (Lipinski definition) is 1. The molecule has 1 aromatic heterocycles. The highest BCUT2D eigenvalue weighted by Gasteiger charge is 2.27. The number of rotatable bonds is 7. The van der Waals surface area contributed by atoms with Crippen molar-refractivity contribution in [3.05, 3.63) is 48.5 Å². The SMILES string of the molecule is O=C(CSc1nc2ccccc2n1C(F)F)Nc1ccc(S(=O)(=O)N2CCCC2)cc1. The van der Waals surface area contributed by atoms with E-state index < -0.39 is 22.5 Å². The van der Waals surface area contributed by atoms with E-state index in [1.807, 2.05) is 0 Å². The number of carbonyl (C=O) groups excluding carboxylic acids is 1. The van der Waals surface area contributed by atoms with Gasteiger partial charge in [-0.25, -0.2) is 13.4 Å². The molecule has 0 radical (unpaired) electrons. The van der Waals surface area contributed by atoms with Gasteiger partial charge in [0.1, 0.15) is 0 Å². The normalized spacial score (nSPS) is 15.1. The van der Waals surface area contributed by atoms with Crippen molar-refractivity contribution in [2.24, 2.45) is 0 Å². The lowest BCUT2D eigenvalue weighted by Crippen LogP contribution is -2.27. The molecule has 0 unspecified atom stereocenters. The molecule has 1 aliphatic heterocycles. The summed E-state index contributed by atoms with van der Waals surface area (Å²) >= 11 is 0.910. The molecule has 4 rings (SSSR count). The van der Waals surface area contributed by atoms with Crippen LogP contribution in [0, 0.1) is 0 Å². The fraction of sp³-hybridized carbons (Fsp3) is 0.300. The third-order valence-corrected chi connectivity index (χ3v) is 7.80. The predicted octanol–water partition coefficient (Wildman–Crippen LogP) is 3.95. The molecule has 0 spiro atoms. The predicted molar refractivity (Wildman–Crippen MR) is 115 cm³/mol. The van der Waals surface area contributed by atoms with Gasteiger partial charge in [-0.3, -0.25) is 9.36 Å². The smallest absolute Gasteiger partial charge is 0.321 e. The first kappa shape index (κ1) is 21.7. The summed E-state index contributed by atoms with van der Waals surface area (Å²) < 4.78 is 54.3. The number of hydrogen-bond acceptors (Lipinski definition) is 5. The van der Waals surface area contributed by atoms with Crippen molar-refractivity contribution in [2.45, 2.75) is 29.4 Å². The minimum atomic E-state index is -3.52. The van der Waals surface area contributed by atoms with Gasteiger partial charge in [0, 0.05) is 18.8 Å². The van der Waals surface area contributed by atoms with Crippen LogP contribution in [-0.4, -0.2) is 47.0 Å². The minimum absolute atomic E-state index is 0.0541. The van der Waals surface area contributed by atoms with Gasteiger partial charge in [-0.1, -0.05) is 23.9 Å². The van der Waals surface area contributed by atoms with E-state index in [0.717, 1.165) is 29.2 Å². The van der Waals surface area contributed by atoms with Crippen molar-refractivity contribution in [1.82, 2.24) is 13.9 Å². The molecule has 0 saturated carbocycles. The Kier molecular flexibility index (Phi) is 6.26. The van der Waals surface area contributed by atoms with Gasteiger partial charge >= 0.3 is 6.55 Å². The summed E-state index contributed by atoms with van der Waals surface area (Å²) in [6.07, 6.45) is 1.70. The van der Waals surface area contributed by atoms with E-state index in [1.165, 1.54) is 28.6 Å². The van der Waals surface area contributed by atoms with E-state index in [1.54, 1.807) is 24.3 Å². The zero-order chi connectivity index (χ0) is 22.0.